The van der Waals surface area contributed by atoms with E-state index in [0.717, 1.165) is 0 Å². The van der Waals surface area contributed by atoms with Crippen molar-refractivity contribution in [3.8, 4) is 5.75 Å². The first kappa shape index (κ1) is 18.4. The highest BCUT2D eigenvalue weighted by molar-refractivity contribution is 6.30. The number of ether oxygens (including phenoxy) is 1. The highest BCUT2D eigenvalue weighted by atomic mass is 35.5. The topological polar surface area (TPSA) is 97.5 Å². The van der Waals surface area contributed by atoms with Gasteiger partial charge >= 0.3 is 0 Å². The van der Waals surface area contributed by atoms with Gasteiger partial charge in [-0.3, -0.25) is 4.79 Å². The maximum atomic E-state index is 11.9. The van der Waals surface area contributed by atoms with Crippen LogP contribution in [0.3, 0.4) is 0 Å². The minimum Gasteiger partial charge on any atom is -0.484 e. The fourth-order valence-corrected chi connectivity index (χ4v) is 2.68. The van der Waals surface area contributed by atoms with Gasteiger partial charge in [-0.05, 0) is 43.5 Å². The summed E-state index contributed by atoms with van der Waals surface area (Å²) in [5.41, 5.74) is 0.550. The number of aliphatic hydroxyl groups excluding tert-OH is 1. The molecule has 2 N–H and O–H groups in total. The summed E-state index contributed by atoms with van der Waals surface area (Å²) in [4.78, 5) is 11.9. The number of hydrogen-bond acceptors (Lipinski definition) is 6. The van der Waals surface area contributed by atoms with Crippen molar-refractivity contribution >= 4 is 17.5 Å². The third kappa shape index (κ3) is 5.06. The summed E-state index contributed by atoms with van der Waals surface area (Å²) < 4.78 is 11.0. The molecule has 0 radical (unpaired) electrons. The maximum Gasteiger partial charge on any atom is 0.262 e. The number of amides is 1. The molecule has 2 aromatic rings. The standard InChI is InChI=1S/C18H20ClN3O4/c1-11(20-16(24)10-25-15-5-3-13(19)4-6-15)2-7-17-21-22-18(26-17)12-8-14(23)9-12/h3-6,12,14,23H,1-2,7-10H2,(H,20,24). The number of nitrogens with zero attached hydrogens (tertiary/aromatic N) is 2. The number of rotatable bonds is 8. The largest absolute Gasteiger partial charge is 0.484 e. The van der Waals surface area contributed by atoms with Gasteiger partial charge in [0.25, 0.3) is 5.91 Å². The maximum absolute atomic E-state index is 11.9. The first-order chi connectivity index (χ1) is 12.5. The number of aliphatic hydroxyl groups is 1. The molecule has 3 rings (SSSR count). The Morgan fingerprint density at radius 2 is 2.08 bits per heavy atom. The van der Waals surface area contributed by atoms with Crippen molar-refractivity contribution in [3.63, 3.8) is 0 Å². The van der Waals surface area contributed by atoms with Crippen LogP contribution in [-0.4, -0.2) is 33.9 Å². The molecule has 0 spiro atoms. The van der Waals surface area contributed by atoms with Crippen LogP contribution in [0.5, 0.6) is 5.75 Å². The van der Waals surface area contributed by atoms with Crippen molar-refractivity contribution in [1.29, 1.82) is 0 Å². The number of benzene rings is 1. The number of aryl methyl sites for hydroxylation is 1. The van der Waals surface area contributed by atoms with Crippen LogP contribution in [-0.2, 0) is 11.2 Å². The average molecular weight is 378 g/mol. The molecule has 1 aromatic carbocycles. The van der Waals surface area contributed by atoms with E-state index in [-0.39, 0.29) is 24.5 Å². The summed E-state index contributed by atoms with van der Waals surface area (Å²) in [6.07, 6.45) is 2.04. The molecule has 0 bridgehead atoms. The molecule has 1 aliphatic rings. The van der Waals surface area contributed by atoms with Crippen molar-refractivity contribution < 1.29 is 19.1 Å². The van der Waals surface area contributed by atoms with Crippen molar-refractivity contribution in [2.75, 3.05) is 6.61 Å². The highest BCUT2D eigenvalue weighted by Gasteiger charge is 2.32. The molecule has 138 valence electrons. The molecule has 1 amide bonds. The third-order valence-electron chi connectivity index (χ3n) is 4.09. The smallest absolute Gasteiger partial charge is 0.262 e. The Morgan fingerprint density at radius 1 is 1.35 bits per heavy atom. The third-order valence-corrected chi connectivity index (χ3v) is 4.34. The molecule has 0 atom stereocenters. The number of aromatic nitrogens is 2. The lowest BCUT2D eigenvalue weighted by Crippen LogP contribution is -2.28. The van der Waals surface area contributed by atoms with Crippen molar-refractivity contribution in [1.82, 2.24) is 15.5 Å². The summed E-state index contributed by atoms with van der Waals surface area (Å²) in [6.45, 7) is 3.71. The summed E-state index contributed by atoms with van der Waals surface area (Å²) in [5.74, 6) is 1.49. The van der Waals surface area contributed by atoms with E-state index in [0.29, 0.717) is 53.9 Å². The lowest BCUT2D eigenvalue weighted by molar-refractivity contribution is -0.122. The Kier molecular flexibility index (Phi) is 5.90. The molecule has 1 heterocycles. The molecule has 1 aliphatic carbocycles. The van der Waals surface area contributed by atoms with Gasteiger partial charge in [-0.25, -0.2) is 0 Å². The first-order valence-electron chi connectivity index (χ1n) is 8.36. The number of halogens is 1. The van der Waals surface area contributed by atoms with Gasteiger partial charge in [-0.1, -0.05) is 18.2 Å². The van der Waals surface area contributed by atoms with Crippen LogP contribution >= 0.6 is 11.6 Å². The Labute approximate surface area is 156 Å². The van der Waals surface area contributed by atoms with E-state index in [1.165, 1.54) is 0 Å². The van der Waals surface area contributed by atoms with Crippen LogP contribution in [0, 0.1) is 0 Å². The van der Waals surface area contributed by atoms with E-state index in [9.17, 15) is 9.90 Å². The van der Waals surface area contributed by atoms with Gasteiger partial charge in [-0.2, -0.15) is 0 Å². The van der Waals surface area contributed by atoms with Crippen molar-refractivity contribution in [2.45, 2.75) is 37.7 Å². The van der Waals surface area contributed by atoms with E-state index in [2.05, 4.69) is 22.1 Å². The fraction of sp³-hybridized carbons (Fsp3) is 0.389. The van der Waals surface area contributed by atoms with Gasteiger partial charge in [-0.15, -0.1) is 10.2 Å². The van der Waals surface area contributed by atoms with Crippen LogP contribution in [0.15, 0.2) is 41.0 Å². The monoisotopic (exact) mass is 377 g/mol. The average Bonchev–Trinajstić information content (AvgIpc) is 3.05. The van der Waals surface area contributed by atoms with Crippen molar-refractivity contribution in [2.24, 2.45) is 0 Å². The van der Waals surface area contributed by atoms with Gasteiger partial charge in [0.2, 0.25) is 11.8 Å². The van der Waals surface area contributed by atoms with Gasteiger partial charge < -0.3 is 19.6 Å². The zero-order chi connectivity index (χ0) is 18.5. The summed E-state index contributed by atoms with van der Waals surface area (Å²) >= 11 is 5.79. The van der Waals surface area contributed by atoms with Gasteiger partial charge in [0.15, 0.2) is 6.61 Å². The Hall–Kier alpha value is -2.38. The van der Waals surface area contributed by atoms with E-state index < -0.39 is 0 Å². The van der Waals surface area contributed by atoms with E-state index in [4.69, 9.17) is 20.8 Å². The molecule has 8 heteroatoms. The Bertz CT molecular complexity index is 769. The van der Waals surface area contributed by atoms with Crippen LogP contribution in [0.25, 0.3) is 0 Å². The molecule has 0 aliphatic heterocycles. The number of allylic oxidation sites excluding steroid dienone is 1. The number of nitrogens with one attached hydrogen (secondary N) is 1. The normalized spacial score (nSPS) is 18.8. The quantitative estimate of drug-likeness (QED) is 0.733. The molecule has 0 unspecified atom stereocenters. The number of carbonyl (C=O) groups is 1. The van der Waals surface area contributed by atoms with E-state index in [1.807, 2.05) is 0 Å². The first-order valence-corrected chi connectivity index (χ1v) is 8.73. The second-order valence-electron chi connectivity index (χ2n) is 6.25. The SMILES string of the molecule is C=C(CCc1nnc(C2CC(O)C2)o1)NC(=O)COc1ccc(Cl)cc1. The van der Waals surface area contributed by atoms with E-state index >= 15 is 0 Å². The van der Waals surface area contributed by atoms with Gasteiger partial charge in [0.1, 0.15) is 5.75 Å². The van der Waals surface area contributed by atoms with Crippen molar-refractivity contribution in [3.05, 3.63) is 53.3 Å². The van der Waals surface area contributed by atoms with Gasteiger partial charge in [0, 0.05) is 23.1 Å². The predicted molar refractivity (Wildman–Crippen MR) is 94.8 cm³/mol. The molecule has 1 fully saturated rings. The van der Waals surface area contributed by atoms with Crippen LogP contribution in [0.4, 0.5) is 0 Å². The molecule has 26 heavy (non-hydrogen) atoms. The van der Waals surface area contributed by atoms with Crippen LogP contribution in [0.2, 0.25) is 5.02 Å². The molecule has 0 saturated heterocycles. The summed E-state index contributed by atoms with van der Waals surface area (Å²) in [6, 6.07) is 6.77. The number of carbonyl (C=O) groups excluding carboxylic acids is 1. The summed E-state index contributed by atoms with van der Waals surface area (Å²) in [5, 5.41) is 20.6. The predicted octanol–water partition coefficient (Wildman–Crippen LogP) is 2.60. The lowest BCUT2D eigenvalue weighted by atomic mass is 9.82. The fourth-order valence-electron chi connectivity index (χ4n) is 2.56. The lowest BCUT2D eigenvalue weighted by Gasteiger charge is -2.27. The minimum atomic E-state index is -0.292. The number of hydrogen-bond donors (Lipinski definition) is 2. The molecule has 7 nitrogen and oxygen atoms in total. The molecule has 1 aromatic heterocycles. The zero-order valence-electron chi connectivity index (χ0n) is 14.2. The molecular weight excluding hydrogens is 358 g/mol. The molecular formula is C18H20ClN3O4. The second-order valence-corrected chi connectivity index (χ2v) is 6.69. The minimum absolute atomic E-state index is 0.116. The highest BCUT2D eigenvalue weighted by Crippen LogP contribution is 2.35. The van der Waals surface area contributed by atoms with Crippen LogP contribution in [0.1, 0.15) is 37.0 Å². The summed E-state index contributed by atoms with van der Waals surface area (Å²) in [7, 11) is 0. The van der Waals surface area contributed by atoms with Crippen LogP contribution < -0.4 is 10.1 Å². The Morgan fingerprint density at radius 3 is 2.77 bits per heavy atom. The molecule has 1 saturated carbocycles. The van der Waals surface area contributed by atoms with Gasteiger partial charge in [0.05, 0.1) is 6.10 Å². The van der Waals surface area contributed by atoms with E-state index in [1.54, 1.807) is 24.3 Å². The zero-order valence-corrected chi connectivity index (χ0v) is 14.9. The Balaban J connectivity index is 1.37. The second kappa shape index (κ2) is 8.33.